The van der Waals surface area contributed by atoms with Gasteiger partial charge in [0.25, 0.3) is 0 Å². The van der Waals surface area contributed by atoms with Gasteiger partial charge in [-0.05, 0) is 61.1 Å². The number of ether oxygens (including phenoxy) is 1. The maximum atomic E-state index is 9.56. The van der Waals surface area contributed by atoms with Gasteiger partial charge in [-0.1, -0.05) is 6.07 Å². The van der Waals surface area contributed by atoms with E-state index in [4.69, 9.17) is 4.74 Å². The number of aliphatic hydroxyl groups excluding tert-OH is 1. The molecule has 1 aliphatic rings. The summed E-state index contributed by atoms with van der Waals surface area (Å²) in [5.41, 5.74) is 3.62. The topological polar surface area (TPSA) is 42.4 Å². The van der Waals surface area contributed by atoms with Gasteiger partial charge in [0.1, 0.15) is 5.75 Å². The molecule has 0 radical (unpaired) electrons. The number of aromatic nitrogens is 1. The van der Waals surface area contributed by atoms with Crippen LogP contribution in [0.25, 0.3) is 0 Å². The lowest BCUT2D eigenvalue weighted by Gasteiger charge is -2.09. The van der Waals surface area contributed by atoms with Crippen LogP contribution in [0.4, 0.5) is 0 Å². The third-order valence-corrected chi connectivity index (χ3v) is 3.53. The lowest BCUT2D eigenvalue weighted by atomic mass is 10.1. The van der Waals surface area contributed by atoms with E-state index in [2.05, 4.69) is 17.1 Å². The van der Waals surface area contributed by atoms with Crippen molar-refractivity contribution in [2.45, 2.75) is 32.3 Å². The highest BCUT2D eigenvalue weighted by Crippen LogP contribution is 2.28. The van der Waals surface area contributed by atoms with Gasteiger partial charge in [0.15, 0.2) is 0 Å². The summed E-state index contributed by atoms with van der Waals surface area (Å²) in [4.78, 5) is 4.18. The molecule has 3 heteroatoms. The van der Waals surface area contributed by atoms with Gasteiger partial charge in [0, 0.05) is 12.3 Å². The molecule has 0 unspecified atom stereocenters. The minimum atomic E-state index is -0.509. The fourth-order valence-corrected chi connectivity index (χ4v) is 2.47. The quantitative estimate of drug-likeness (QED) is 0.913. The van der Waals surface area contributed by atoms with E-state index in [1.54, 1.807) is 25.3 Å². The second-order valence-electron chi connectivity index (χ2n) is 4.99. The van der Waals surface area contributed by atoms with Gasteiger partial charge in [-0.2, -0.15) is 0 Å². The molecule has 1 aliphatic carbocycles. The Bertz CT molecular complexity index is 593. The Kier molecular flexibility index (Phi) is 3.22. The lowest BCUT2D eigenvalue weighted by Crippen LogP contribution is -1.94. The number of aryl methyl sites for hydroxylation is 2. The average Bonchev–Trinajstić information content (AvgIpc) is 2.86. The minimum Gasteiger partial charge on any atom is -0.439 e. The maximum absolute atomic E-state index is 9.56. The zero-order chi connectivity index (χ0) is 13.2. The summed E-state index contributed by atoms with van der Waals surface area (Å²) in [6.45, 7) is 1.73. The van der Waals surface area contributed by atoms with Crippen molar-refractivity contribution in [2.24, 2.45) is 0 Å². The first-order valence-electron chi connectivity index (χ1n) is 6.66. The zero-order valence-electron chi connectivity index (χ0n) is 11.0. The highest BCUT2D eigenvalue weighted by atomic mass is 16.5. The number of benzene rings is 1. The second-order valence-corrected chi connectivity index (χ2v) is 4.99. The van der Waals surface area contributed by atoms with E-state index < -0.39 is 6.10 Å². The van der Waals surface area contributed by atoms with Crippen LogP contribution in [-0.4, -0.2) is 10.1 Å². The van der Waals surface area contributed by atoms with E-state index in [-0.39, 0.29) is 0 Å². The largest absolute Gasteiger partial charge is 0.439 e. The Morgan fingerprint density at radius 2 is 2.00 bits per heavy atom. The minimum absolute atomic E-state index is 0.509. The summed E-state index contributed by atoms with van der Waals surface area (Å²) in [6, 6.07) is 9.79. The van der Waals surface area contributed by atoms with E-state index in [0.29, 0.717) is 5.88 Å². The van der Waals surface area contributed by atoms with Gasteiger partial charge in [-0.3, -0.25) is 0 Å². The first-order valence-corrected chi connectivity index (χ1v) is 6.66. The van der Waals surface area contributed by atoms with Crippen LogP contribution in [0.1, 0.15) is 36.1 Å². The molecule has 1 atom stereocenters. The molecule has 19 heavy (non-hydrogen) atoms. The van der Waals surface area contributed by atoms with E-state index in [1.807, 2.05) is 6.07 Å². The van der Waals surface area contributed by atoms with E-state index >= 15 is 0 Å². The summed E-state index contributed by atoms with van der Waals surface area (Å²) in [6.07, 6.45) is 4.68. The van der Waals surface area contributed by atoms with Gasteiger partial charge < -0.3 is 9.84 Å². The Hall–Kier alpha value is -1.87. The van der Waals surface area contributed by atoms with Crippen molar-refractivity contribution >= 4 is 0 Å². The van der Waals surface area contributed by atoms with Crippen LogP contribution in [0.5, 0.6) is 11.6 Å². The molecule has 0 amide bonds. The van der Waals surface area contributed by atoms with Crippen LogP contribution in [0.15, 0.2) is 36.5 Å². The summed E-state index contributed by atoms with van der Waals surface area (Å²) < 4.78 is 5.77. The number of aliphatic hydroxyl groups is 1. The molecule has 0 saturated carbocycles. The first-order chi connectivity index (χ1) is 9.22. The monoisotopic (exact) mass is 255 g/mol. The van der Waals surface area contributed by atoms with Gasteiger partial charge in [0.2, 0.25) is 5.88 Å². The van der Waals surface area contributed by atoms with Crippen LogP contribution in [-0.2, 0) is 12.8 Å². The molecule has 98 valence electrons. The molecule has 0 fully saturated rings. The number of nitrogens with zero attached hydrogens (tertiary/aromatic N) is 1. The molecule has 1 heterocycles. The molecule has 0 spiro atoms. The molecule has 0 bridgehead atoms. The van der Waals surface area contributed by atoms with Crippen LogP contribution < -0.4 is 4.74 Å². The Morgan fingerprint density at radius 1 is 1.16 bits per heavy atom. The third kappa shape index (κ3) is 2.61. The normalized spacial score (nSPS) is 15.1. The molecule has 1 aromatic carbocycles. The standard InChI is InChI=1S/C16H17NO2/c1-11(18)13-7-8-17-16(10-13)19-15-6-5-12-3-2-4-14(12)9-15/h5-11,18H,2-4H2,1H3/t11-/m1/s1. The number of hydrogen-bond donors (Lipinski definition) is 1. The van der Waals surface area contributed by atoms with Crippen LogP contribution in [0.3, 0.4) is 0 Å². The van der Waals surface area contributed by atoms with E-state index in [9.17, 15) is 5.11 Å². The molecule has 3 nitrogen and oxygen atoms in total. The summed E-state index contributed by atoms with van der Waals surface area (Å²) in [7, 11) is 0. The smallest absolute Gasteiger partial charge is 0.219 e. The summed E-state index contributed by atoms with van der Waals surface area (Å²) in [5, 5.41) is 9.56. The van der Waals surface area contributed by atoms with Crippen molar-refractivity contribution in [3.63, 3.8) is 0 Å². The SMILES string of the molecule is C[C@@H](O)c1ccnc(Oc2ccc3c(c2)CCC3)c1. The van der Waals surface area contributed by atoms with Crippen molar-refractivity contribution in [1.29, 1.82) is 0 Å². The van der Waals surface area contributed by atoms with Crippen LogP contribution >= 0.6 is 0 Å². The summed E-state index contributed by atoms with van der Waals surface area (Å²) >= 11 is 0. The van der Waals surface area contributed by atoms with Crippen molar-refractivity contribution in [2.75, 3.05) is 0 Å². The Labute approximate surface area is 112 Å². The molecular formula is C16H17NO2. The van der Waals surface area contributed by atoms with Gasteiger partial charge in [0.05, 0.1) is 6.10 Å². The molecule has 1 aromatic heterocycles. The van der Waals surface area contributed by atoms with Gasteiger partial charge in [-0.15, -0.1) is 0 Å². The fraction of sp³-hybridized carbons (Fsp3) is 0.312. The third-order valence-electron chi connectivity index (χ3n) is 3.53. The van der Waals surface area contributed by atoms with E-state index in [1.165, 1.54) is 24.0 Å². The van der Waals surface area contributed by atoms with Gasteiger partial charge >= 0.3 is 0 Å². The Balaban J connectivity index is 1.83. The molecule has 1 N–H and O–H groups in total. The van der Waals surface area contributed by atoms with Crippen molar-refractivity contribution < 1.29 is 9.84 Å². The molecule has 0 saturated heterocycles. The number of fused-ring (bicyclic) bond motifs is 1. The molecule has 0 aliphatic heterocycles. The number of rotatable bonds is 3. The predicted molar refractivity (Wildman–Crippen MR) is 73.4 cm³/mol. The van der Waals surface area contributed by atoms with E-state index in [0.717, 1.165) is 17.7 Å². The molecule has 2 aromatic rings. The fourth-order valence-electron chi connectivity index (χ4n) is 2.47. The number of pyridine rings is 1. The highest BCUT2D eigenvalue weighted by Gasteiger charge is 2.12. The molecule has 3 rings (SSSR count). The Morgan fingerprint density at radius 3 is 2.84 bits per heavy atom. The highest BCUT2D eigenvalue weighted by molar-refractivity contribution is 5.40. The second kappa shape index (κ2) is 5.02. The van der Waals surface area contributed by atoms with Crippen molar-refractivity contribution in [3.05, 3.63) is 53.2 Å². The lowest BCUT2D eigenvalue weighted by molar-refractivity contribution is 0.198. The summed E-state index contributed by atoms with van der Waals surface area (Å²) in [5.74, 6) is 1.34. The number of hydrogen-bond acceptors (Lipinski definition) is 3. The van der Waals surface area contributed by atoms with Crippen molar-refractivity contribution in [1.82, 2.24) is 4.98 Å². The average molecular weight is 255 g/mol. The van der Waals surface area contributed by atoms with Gasteiger partial charge in [-0.25, -0.2) is 4.98 Å². The van der Waals surface area contributed by atoms with Crippen molar-refractivity contribution in [3.8, 4) is 11.6 Å². The van der Waals surface area contributed by atoms with Crippen LogP contribution in [0, 0.1) is 0 Å². The predicted octanol–water partition coefficient (Wildman–Crippen LogP) is 3.42. The maximum Gasteiger partial charge on any atom is 0.219 e. The molecular weight excluding hydrogens is 238 g/mol. The first kappa shape index (κ1) is 12.2. The van der Waals surface area contributed by atoms with Crippen LogP contribution in [0.2, 0.25) is 0 Å². The zero-order valence-corrected chi connectivity index (χ0v) is 11.0.